The molecule has 32 heavy (non-hydrogen) atoms. The third-order valence-corrected chi connectivity index (χ3v) is 5.95. The van der Waals surface area contributed by atoms with Gasteiger partial charge in [-0.2, -0.15) is 5.26 Å². The van der Waals surface area contributed by atoms with Gasteiger partial charge in [-0.1, -0.05) is 30.3 Å². The minimum absolute atomic E-state index is 0.0157. The minimum atomic E-state index is -1.62. The number of aliphatic hydroxyl groups is 7. The molecule has 1 heterocycles. The van der Waals surface area contributed by atoms with Gasteiger partial charge < -0.3 is 50.0 Å². The van der Waals surface area contributed by atoms with Gasteiger partial charge in [0, 0.05) is 5.92 Å². The van der Waals surface area contributed by atoms with Crippen molar-refractivity contribution >= 4 is 0 Å². The minimum Gasteiger partial charge on any atom is -0.394 e. The van der Waals surface area contributed by atoms with Crippen LogP contribution >= 0.6 is 0 Å². The quantitative estimate of drug-likeness (QED) is 0.231. The molecule has 0 aromatic heterocycles. The fraction of sp³-hybridized carbons (Fsp3) is 0.667. The summed E-state index contributed by atoms with van der Waals surface area (Å²) in [5.41, 5.74) is 0.567. The lowest BCUT2D eigenvalue weighted by molar-refractivity contribution is -0.307. The van der Waals surface area contributed by atoms with Gasteiger partial charge in [0.15, 0.2) is 12.4 Å². The Bertz CT molecular complexity index is 759. The number of ether oxygens (including phenoxy) is 3. The maximum atomic E-state index is 10.4. The van der Waals surface area contributed by atoms with E-state index < -0.39 is 73.8 Å². The van der Waals surface area contributed by atoms with Crippen LogP contribution in [0.3, 0.4) is 0 Å². The molecule has 0 spiro atoms. The maximum Gasteiger partial charge on any atom is 0.186 e. The van der Waals surface area contributed by atoms with Crippen LogP contribution in [-0.4, -0.2) is 104 Å². The van der Waals surface area contributed by atoms with Crippen molar-refractivity contribution < 1.29 is 50.0 Å². The summed E-state index contributed by atoms with van der Waals surface area (Å²) < 4.78 is 16.5. The van der Waals surface area contributed by atoms with Gasteiger partial charge in [0.2, 0.25) is 0 Å². The molecule has 0 radical (unpaired) electrons. The van der Waals surface area contributed by atoms with Crippen molar-refractivity contribution in [2.24, 2.45) is 5.92 Å². The lowest BCUT2D eigenvalue weighted by atomic mass is 9.81. The fourth-order valence-corrected chi connectivity index (χ4v) is 3.99. The molecule has 11 atom stereocenters. The second kappa shape index (κ2) is 11.0. The predicted molar refractivity (Wildman–Crippen MR) is 106 cm³/mol. The summed E-state index contributed by atoms with van der Waals surface area (Å²) >= 11 is 0. The van der Waals surface area contributed by atoms with Gasteiger partial charge in [-0.15, -0.1) is 0 Å². The summed E-state index contributed by atoms with van der Waals surface area (Å²) in [6, 6.07) is 10.6. The smallest absolute Gasteiger partial charge is 0.186 e. The van der Waals surface area contributed by atoms with E-state index in [-0.39, 0.29) is 13.0 Å². The lowest BCUT2D eigenvalue weighted by Gasteiger charge is -2.43. The summed E-state index contributed by atoms with van der Waals surface area (Å²) in [6.07, 6.45) is -13.7. The molecule has 0 amide bonds. The molecule has 1 aliphatic heterocycles. The van der Waals surface area contributed by atoms with E-state index >= 15 is 0 Å². The Labute approximate surface area is 184 Å². The Morgan fingerprint density at radius 3 is 2.22 bits per heavy atom. The summed E-state index contributed by atoms with van der Waals surface area (Å²) in [7, 11) is 0. The molecule has 1 saturated heterocycles. The highest BCUT2D eigenvalue weighted by molar-refractivity contribution is 5.22. The van der Waals surface area contributed by atoms with Crippen molar-refractivity contribution in [3.05, 3.63) is 35.9 Å². The van der Waals surface area contributed by atoms with Crippen LogP contribution < -0.4 is 0 Å². The molecule has 1 aromatic carbocycles. The third kappa shape index (κ3) is 5.27. The van der Waals surface area contributed by atoms with E-state index in [0.717, 1.165) is 0 Å². The van der Waals surface area contributed by atoms with Crippen molar-refractivity contribution in [3.8, 4) is 6.07 Å². The third-order valence-electron chi connectivity index (χ3n) is 5.95. The SMILES string of the molecule is N#C[C@H](O[C@@H]1C[C@H](CO[C@@H]2O[C@H](CO)[C@@H](O)[C@H](O)[C@H]2O)[C@@H](O)[C@H](O)[C@H]1O)c1ccccc1. The molecule has 7 N–H and O–H groups in total. The molecule has 11 nitrogen and oxygen atoms in total. The number of nitriles is 1. The van der Waals surface area contributed by atoms with Crippen LogP contribution in [0.25, 0.3) is 0 Å². The van der Waals surface area contributed by atoms with Crippen molar-refractivity contribution in [1.82, 2.24) is 0 Å². The molecule has 1 aromatic rings. The molecule has 1 saturated carbocycles. The van der Waals surface area contributed by atoms with E-state index in [2.05, 4.69) is 0 Å². The largest absolute Gasteiger partial charge is 0.394 e. The van der Waals surface area contributed by atoms with E-state index in [0.29, 0.717) is 5.56 Å². The summed E-state index contributed by atoms with van der Waals surface area (Å²) in [6.45, 7) is -0.886. The summed E-state index contributed by atoms with van der Waals surface area (Å²) in [4.78, 5) is 0. The van der Waals surface area contributed by atoms with Crippen LogP contribution in [0.1, 0.15) is 18.1 Å². The van der Waals surface area contributed by atoms with Gasteiger partial charge in [0.1, 0.15) is 36.6 Å². The van der Waals surface area contributed by atoms with Gasteiger partial charge in [0.25, 0.3) is 0 Å². The van der Waals surface area contributed by atoms with E-state index in [9.17, 15) is 41.0 Å². The van der Waals surface area contributed by atoms with Gasteiger partial charge >= 0.3 is 0 Å². The zero-order valence-corrected chi connectivity index (χ0v) is 17.2. The van der Waals surface area contributed by atoms with Crippen LogP contribution in [0, 0.1) is 17.2 Å². The van der Waals surface area contributed by atoms with E-state index in [1.165, 1.54) is 0 Å². The van der Waals surface area contributed by atoms with Crippen LogP contribution in [0.2, 0.25) is 0 Å². The average molecular weight is 455 g/mol. The van der Waals surface area contributed by atoms with Crippen LogP contribution in [0.4, 0.5) is 0 Å². The highest BCUT2D eigenvalue weighted by Crippen LogP contribution is 2.32. The number of aliphatic hydroxyl groups excluding tert-OH is 7. The van der Waals surface area contributed by atoms with Crippen LogP contribution in [-0.2, 0) is 14.2 Å². The Morgan fingerprint density at radius 1 is 0.938 bits per heavy atom. The average Bonchev–Trinajstić information content (AvgIpc) is 2.81. The van der Waals surface area contributed by atoms with E-state index in [1.807, 2.05) is 6.07 Å². The van der Waals surface area contributed by atoms with Crippen LogP contribution in [0.15, 0.2) is 30.3 Å². The van der Waals surface area contributed by atoms with Crippen LogP contribution in [0.5, 0.6) is 0 Å². The highest BCUT2D eigenvalue weighted by Gasteiger charge is 2.47. The molecule has 0 unspecified atom stereocenters. The zero-order chi connectivity index (χ0) is 23.4. The first-order chi connectivity index (χ1) is 15.3. The number of benzene rings is 1. The van der Waals surface area contributed by atoms with E-state index in [1.54, 1.807) is 30.3 Å². The molecule has 1 aliphatic carbocycles. The number of hydrogen-bond acceptors (Lipinski definition) is 11. The molecular formula is C21H29NO10. The first-order valence-corrected chi connectivity index (χ1v) is 10.3. The summed E-state index contributed by atoms with van der Waals surface area (Å²) in [5.74, 6) is -0.777. The second-order valence-corrected chi connectivity index (χ2v) is 8.09. The molecule has 2 fully saturated rings. The Balaban J connectivity index is 1.65. The van der Waals surface area contributed by atoms with Gasteiger partial charge in [-0.05, 0) is 12.0 Å². The van der Waals surface area contributed by atoms with Crippen molar-refractivity contribution in [3.63, 3.8) is 0 Å². The van der Waals surface area contributed by atoms with Gasteiger partial charge in [0.05, 0.1) is 31.5 Å². The van der Waals surface area contributed by atoms with Crippen molar-refractivity contribution in [2.45, 2.75) is 67.6 Å². The Morgan fingerprint density at radius 2 is 1.59 bits per heavy atom. The predicted octanol–water partition coefficient (Wildman–Crippen LogP) is -2.44. The Kier molecular flexibility index (Phi) is 8.54. The number of rotatable bonds is 7. The summed E-state index contributed by atoms with van der Waals surface area (Å²) in [5, 5.41) is 79.6. The fourth-order valence-electron chi connectivity index (χ4n) is 3.99. The molecule has 0 bridgehead atoms. The standard InChI is InChI=1S/C21H29NO10/c22-7-13(10-4-2-1-3-5-10)31-12-6-11(15(24)18(27)16(12)25)9-30-21-20(29)19(28)17(26)14(8-23)32-21/h1-5,11-21,23-29H,6,8-9H2/t11-,12-,13+,14-,15-,16+,17-,18+,19+,20-,21-/m1/s1. The molecule has 3 rings (SSSR count). The molecule has 11 heteroatoms. The van der Waals surface area contributed by atoms with E-state index in [4.69, 9.17) is 14.2 Å². The number of nitrogens with zero attached hydrogens (tertiary/aromatic N) is 1. The topological polar surface area (TPSA) is 193 Å². The van der Waals surface area contributed by atoms with Crippen molar-refractivity contribution in [2.75, 3.05) is 13.2 Å². The molecule has 178 valence electrons. The molecule has 2 aliphatic rings. The zero-order valence-electron chi connectivity index (χ0n) is 17.2. The first-order valence-electron chi connectivity index (χ1n) is 10.3. The van der Waals surface area contributed by atoms with Gasteiger partial charge in [-0.25, -0.2) is 0 Å². The molecular weight excluding hydrogens is 426 g/mol. The van der Waals surface area contributed by atoms with Crippen molar-refractivity contribution in [1.29, 1.82) is 5.26 Å². The number of hydrogen-bond donors (Lipinski definition) is 7. The van der Waals surface area contributed by atoms with Gasteiger partial charge in [-0.3, -0.25) is 0 Å². The lowest BCUT2D eigenvalue weighted by Crippen LogP contribution is -2.60. The normalized spacial score (nSPS) is 41.1. The monoisotopic (exact) mass is 455 g/mol. The maximum absolute atomic E-state index is 10.4. The Hall–Kier alpha value is -1.69. The highest BCUT2D eigenvalue weighted by atomic mass is 16.7. The first kappa shape index (κ1) is 24.9. The second-order valence-electron chi connectivity index (χ2n) is 8.09.